The molecule has 1 aliphatic carbocycles. The number of Topliss-reactive ketones (excluding diaryl/α,β-unsaturated/α-hetero) is 2. The summed E-state index contributed by atoms with van der Waals surface area (Å²) in [6.45, 7) is 6.96. The second kappa shape index (κ2) is 4.18. The van der Waals surface area contributed by atoms with Gasteiger partial charge in [0, 0.05) is 11.1 Å². The first-order valence-corrected chi connectivity index (χ1v) is 5.17. The molecule has 0 fully saturated rings. The summed E-state index contributed by atoms with van der Waals surface area (Å²) in [5.41, 5.74) is 1.03. The Hall–Kier alpha value is -2.47. The number of nitrogens with zero attached hydrogens (tertiary/aromatic N) is 1. The molecule has 1 aromatic carbocycles. The molecule has 0 spiro atoms. The minimum Gasteiger partial charge on any atom is -0.288 e. The van der Waals surface area contributed by atoms with Crippen LogP contribution in [0.5, 0.6) is 0 Å². The molecule has 0 atom stereocenters. The Morgan fingerprint density at radius 2 is 1.71 bits per heavy atom. The number of rotatable bonds is 1. The number of carbonyl (C=O) groups excluding carboxylic acids is 2. The summed E-state index contributed by atoms with van der Waals surface area (Å²) in [7, 11) is 0. The van der Waals surface area contributed by atoms with Crippen molar-refractivity contribution in [2.75, 3.05) is 0 Å². The first kappa shape index (κ1) is 11.0. The molecule has 82 valence electrons. The largest absolute Gasteiger partial charge is 0.398 e. The van der Waals surface area contributed by atoms with E-state index in [-0.39, 0.29) is 22.8 Å². The summed E-state index contributed by atoms with van der Waals surface area (Å²) < 4.78 is 0. The molecular formula is C14H10NO2+. The maximum absolute atomic E-state index is 12.1. The average Bonchev–Trinajstić information content (AvgIpc) is 2.36. The van der Waals surface area contributed by atoms with E-state index < -0.39 is 0 Å². The highest BCUT2D eigenvalue weighted by atomic mass is 16.1. The lowest BCUT2D eigenvalue weighted by Gasteiger charge is -2.10. The van der Waals surface area contributed by atoms with E-state index in [0.717, 1.165) is 0 Å². The van der Waals surface area contributed by atoms with Gasteiger partial charge in [-0.05, 0) is 23.9 Å². The van der Waals surface area contributed by atoms with E-state index in [1.54, 1.807) is 43.3 Å². The predicted molar refractivity (Wildman–Crippen MR) is 65.2 cm³/mol. The highest BCUT2D eigenvalue weighted by Gasteiger charge is 2.37. The molecule has 0 heterocycles. The number of carbonyl (C=O) groups is 2. The van der Waals surface area contributed by atoms with E-state index >= 15 is 0 Å². The van der Waals surface area contributed by atoms with Gasteiger partial charge < -0.3 is 0 Å². The average molecular weight is 224 g/mol. The van der Waals surface area contributed by atoms with Gasteiger partial charge in [-0.2, -0.15) is 0 Å². The molecule has 0 bridgehead atoms. The van der Waals surface area contributed by atoms with Crippen LogP contribution in [0.1, 0.15) is 27.6 Å². The third-order valence-electron chi connectivity index (χ3n) is 2.59. The Balaban J connectivity index is 2.74. The summed E-state index contributed by atoms with van der Waals surface area (Å²) in [4.78, 5) is 27.6. The van der Waals surface area contributed by atoms with E-state index in [9.17, 15) is 9.59 Å². The minimum absolute atomic E-state index is 0.0202. The summed E-state index contributed by atoms with van der Waals surface area (Å²) in [6.07, 6.45) is 3.24. The summed E-state index contributed by atoms with van der Waals surface area (Å²) >= 11 is 0. The molecule has 0 radical (unpaired) electrons. The molecule has 17 heavy (non-hydrogen) atoms. The Morgan fingerprint density at radius 1 is 1.12 bits per heavy atom. The maximum Gasteiger partial charge on any atom is 0.398 e. The minimum atomic E-state index is -0.309. The quantitative estimate of drug-likeness (QED) is 0.735. The highest BCUT2D eigenvalue weighted by Crippen LogP contribution is 2.27. The van der Waals surface area contributed by atoms with Gasteiger partial charge in [0.15, 0.2) is 0 Å². The number of ketones is 2. The van der Waals surface area contributed by atoms with E-state index in [1.807, 2.05) is 0 Å². The van der Waals surface area contributed by atoms with E-state index in [4.69, 9.17) is 6.57 Å². The van der Waals surface area contributed by atoms with Gasteiger partial charge in [-0.25, -0.2) is 0 Å². The zero-order valence-corrected chi connectivity index (χ0v) is 9.31. The zero-order chi connectivity index (χ0) is 12.4. The van der Waals surface area contributed by atoms with Crippen LogP contribution in [0, 0.1) is 6.57 Å². The van der Waals surface area contributed by atoms with Gasteiger partial charge in [0.1, 0.15) is 5.57 Å². The van der Waals surface area contributed by atoms with Crippen molar-refractivity contribution in [3.05, 3.63) is 63.7 Å². The van der Waals surface area contributed by atoms with Crippen molar-refractivity contribution >= 4 is 11.6 Å². The monoisotopic (exact) mass is 224 g/mol. The predicted octanol–water partition coefficient (Wildman–Crippen LogP) is 2.86. The van der Waals surface area contributed by atoms with Crippen LogP contribution < -0.4 is 0 Å². The van der Waals surface area contributed by atoms with Crippen LogP contribution in [0.2, 0.25) is 0 Å². The van der Waals surface area contributed by atoms with Crippen LogP contribution in [-0.4, -0.2) is 11.6 Å². The van der Waals surface area contributed by atoms with Gasteiger partial charge in [-0.1, -0.05) is 24.3 Å². The molecule has 0 unspecified atom stereocenters. The van der Waals surface area contributed by atoms with Crippen LogP contribution in [0.4, 0.5) is 0 Å². The van der Waals surface area contributed by atoms with Gasteiger partial charge in [-0.3, -0.25) is 9.59 Å². The van der Waals surface area contributed by atoms with Gasteiger partial charge in [0.2, 0.25) is 5.78 Å². The lowest BCUT2D eigenvalue weighted by atomic mass is 9.87. The normalized spacial score (nSPS) is 15.1. The van der Waals surface area contributed by atoms with E-state index in [2.05, 4.69) is 4.85 Å². The molecule has 1 aromatic rings. The van der Waals surface area contributed by atoms with Crippen molar-refractivity contribution in [3.63, 3.8) is 0 Å². The molecule has 3 heteroatoms. The molecule has 0 aliphatic heterocycles. The number of benzene rings is 1. The summed E-state index contributed by atoms with van der Waals surface area (Å²) in [5, 5.41) is 0. The molecule has 0 aromatic heterocycles. The number of hydrogen-bond donors (Lipinski definition) is 0. The smallest absolute Gasteiger partial charge is 0.288 e. The van der Waals surface area contributed by atoms with Gasteiger partial charge in [0.25, 0.3) is 12.4 Å². The Morgan fingerprint density at radius 3 is 2.24 bits per heavy atom. The Kier molecular flexibility index (Phi) is 2.71. The second-order valence-corrected chi connectivity index (χ2v) is 3.60. The zero-order valence-electron chi connectivity index (χ0n) is 9.31. The molecular weight excluding hydrogens is 214 g/mol. The molecule has 0 N–H and O–H groups in total. The van der Waals surface area contributed by atoms with Crippen molar-refractivity contribution in [2.45, 2.75) is 6.92 Å². The highest BCUT2D eigenvalue weighted by molar-refractivity contribution is 6.28. The summed E-state index contributed by atoms with van der Waals surface area (Å²) in [5.74, 6) is -0.529. The Bertz CT molecular complexity index is 615. The molecule has 3 nitrogen and oxygen atoms in total. The number of hydrogen-bond acceptors (Lipinski definition) is 2. The molecule has 0 saturated heterocycles. The molecule has 2 rings (SSSR count). The van der Waals surface area contributed by atoms with Crippen LogP contribution in [0.15, 0.2) is 47.7 Å². The first-order chi connectivity index (χ1) is 8.20. The maximum atomic E-state index is 12.1. The SMILES string of the molecule is C#[N+]C1=C(/C=C\C)C(=O)c2ccccc2C1=O. The fraction of sp³-hybridized carbons (Fsp3) is 0.0714. The molecule has 0 saturated carbocycles. The third kappa shape index (κ3) is 1.60. The number of fused-ring (bicyclic) bond motifs is 1. The Labute approximate surface area is 98.9 Å². The van der Waals surface area contributed by atoms with Crippen LogP contribution in [0.25, 0.3) is 4.85 Å². The lowest BCUT2D eigenvalue weighted by Crippen LogP contribution is -2.19. The second-order valence-electron chi connectivity index (χ2n) is 3.60. The van der Waals surface area contributed by atoms with Crippen molar-refractivity contribution in [1.82, 2.24) is 0 Å². The van der Waals surface area contributed by atoms with Crippen molar-refractivity contribution < 1.29 is 9.59 Å². The molecule has 0 amide bonds. The third-order valence-corrected chi connectivity index (χ3v) is 2.59. The standard InChI is InChI=1S/C14H10NO2/c1-3-6-11-12(15-2)14(17)10-8-5-4-7-9(10)13(11)16/h2-8H,1H3/q+1/b6-3-. The van der Waals surface area contributed by atoms with E-state index in [0.29, 0.717) is 11.1 Å². The first-order valence-electron chi connectivity index (χ1n) is 5.17. The topological polar surface area (TPSA) is 38.5 Å². The van der Waals surface area contributed by atoms with Crippen LogP contribution in [-0.2, 0) is 0 Å². The fourth-order valence-electron chi connectivity index (χ4n) is 1.83. The number of allylic oxidation sites excluding steroid dienone is 4. The van der Waals surface area contributed by atoms with E-state index in [1.165, 1.54) is 0 Å². The lowest BCUT2D eigenvalue weighted by molar-refractivity contribution is 0.0980. The molecule has 1 aliphatic rings. The van der Waals surface area contributed by atoms with Gasteiger partial charge >= 0.3 is 5.70 Å². The van der Waals surface area contributed by atoms with Crippen LogP contribution in [0.3, 0.4) is 0 Å². The van der Waals surface area contributed by atoms with Crippen LogP contribution >= 0.6 is 0 Å². The van der Waals surface area contributed by atoms with Gasteiger partial charge in [0.05, 0.1) is 0 Å². The summed E-state index contributed by atoms with van der Waals surface area (Å²) in [6, 6.07) is 6.67. The van der Waals surface area contributed by atoms with Crippen molar-refractivity contribution in [2.24, 2.45) is 0 Å². The fourth-order valence-corrected chi connectivity index (χ4v) is 1.83. The van der Waals surface area contributed by atoms with Gasteiger partial charge in [-0.15, -0.1) is 0 Å². The van der Waals surface area contributed by atoms with Crippen molar-refractivity contribution in [3.8, 4) is 6.57 Å². The van der Waals surface area contributed by atoms with Crippen molar-refractivity contribution in [1.29, 1.82) is 0 Å².